The standard InChI is InChI=1S/C23H23N3O2/c27-23-12-20-13-24-16-26(20)14-17-4-1-7-21(10-17)28-22-8-2-5-18(11-22)19-6-3-9-25(23)15-19/h1-2,4-5,7-8,10-11,13,16,19H,3,6,9,12,14-15H2. The van der Waals surface area contributed by atoms with E-state index >= 15 is 0 Å². The number of piperidine rings is 1. The Morgan fingerprint density at radius 3 is 2.86 bits per heavy atom. The molecule has 5 nitrogen and oxygen atoms in total. The lowest BCUT2D eigenvalue weighted by Crippen LogP contribution is -2.40. The monoisotopic (exact) mass is 373 g/mol. The van der Waals surface area contributed by atoms with Crippen LogP contribution in [0.25, 0.3) is 0 Å². The third-order valence-corrected chi connectivity index (χ3v) is 5.72. The first-order valence-electron chi connectivity index (χ1n) is 9.88. The molecule has 1 unspecified atom stereocenters. The number of amides is 1. The Bertz CT molecular complexity index is 1010. The van der Waals surface area contributed by atoms with Gasteiger partial charge < -0.3 is 14.2 Å². The summed E-state index contributed by atoms with van der Waals surface area (Å²) in [5.74, 6) is 2.20. The molecule has 0 aliphatic carbocycles. The number of nitrogens with zero attached hydrogens (tertiary/aromatic N) is 3. The number of aromatic nitrogens is 2. The molecular weight excluding hydrogens is 350 g/mol. The highest BCUT2D eigenvalue weighted by Crippen LogP contribution is 2.31. The zero-order chi connectivity index (χ0) is 18.9. The van der Waals surface area contributed by atoms with Crippen molar-refractivity contribution >= 4 is 5.91 Å². The summed E-state index contributed by atoms with van der Waals surface area (Å²) in [6.07, 6.45) is 6.13. The first-order chi connectivity index (χ1) is 13.7. The molecule has 0 radical (unpaired) electrons. The van der Waals surface area contributed by atoms with Gasteiger partial charge in [-0.2, -0.15) is 0 Å². The zero-order valence-electron chi connectivity index (χ0n) is 15.8. The number of fused-ring (bicyclic) bond motifs is 8. The number of benzene rings is 2. The average Bonchev–Trinajstić information content (AvgIpc) is 3.14. The topological polar surface area (TPSA) is 47.4 Å². The summed E-state index contributed by atoms with van der Waals surface area (Å²) < 4.78 is 8.21. The minimum absolute atomic E-state index is 0.183. The first-order valence-corrected chi connectivity index (χ1v) is 9.88. The number of hydrogen-bond donors (Lipinski definition) is 0. The Kier molecular flexibility index (Phi) is 4.35. The molecule has 3 heterocycles. The molecule has 3 aromatic rings. The van der Waals surface area contributed by atoms with Crippen molar-refractivity contribution in [2.24, 2.45) is 0 Å². The summed E-state index contributed by atoms with van der Waals surface area (Å²) in [4.78, 5) is 19.3. The molecular formula is C23H23N3O2. The Hall–Kier alpha value is -3.08. The van der Waals surface area contributed by atoms with E-state index in [1.54, 1.807) is 12.5 Å². The molecule has 5 heteroatoms. The van der Waals surface area contributed by atoms with E-state index in [1.165, 1.54) is 5.56 Å². The number of rotatable bonds is 0. The summed E-state index contributed by atoms with van der Waals surface area (Å²) in [7, 11) is 0. The van der Waals surface area contributed by atoms with Crippen molar-refractivity contribution in [3.05, 3.63) is 77.9 Å². The number of imidazole rings is 1. The molecule has 1 saturated heterocycles. The van der Waals surface area contributed by atoms with Gasteiger partial charge in [0, 0.05) is 37.4 Å². The molecule has 28 heavy (non-hydrogen) atoms. The first kappa shape index (κ1) is 17.0. The molecule has 5 rings (SSSR count). The minimum atomic E-state index is 0.183. The van der Waals surface area contributed by atoms with E-state index in [1.807, 2.05) is 29.2 Å². The highest BCUT2D eigenvalue weighted by atomic mass is 16.5. The predicted molar refractivity (Wildman–Crippen MR) is 107 cm³/mol. The smallest absolute Gasteiger partial charge is 0.228 e. The molecule has 1 aromatic heterocycles. The van der Waals surface area contributed by atoms with Crippen LogP contribution in [-0.4, -0.2) is 33.4 Å². The number of hydrogen-bond acceptors (Lipinski definition) is 3. The molecule has 6 bridgehead atoms. The van der Waals surface area contributed by atoms with Crippen LogP contribution in [0, 0.1) is 0 Å². The van der Waals surface area contributed by atoms with E-state index in [-0.39, 0.29) is 5.91 Å². The second-order valence-corrected chi connectivity index (χ2v) is 7.69. The molecule has 0 N–H and O–H groups in total. The number of carbonyl (C=O) groups is 1. The van der Waals surface area contributed by atoms with Crippen molar-refractivity contribution in [1.82, 2.24) is 14.5 Å². The van der Waals surface area contributed by atoms with E-state index in [0.717, 1.165) is 48.7 Å². The number of ether oxygens (including phenoxy) is 1. The molecule has 2 aliphatic rings. The van der Waals surface area contributed by atoms with Crippen molar-refractivity contribution in [2.75, 3.05) is 13.1 Å². The summed E-state index contributed by atoms with van der Waals surface area (Å²) in [6, 6.07) is 16.4. The van der Waals surface area contributed by atoms with Crippen molar-refractivity contribution < 1.29 is 9.53 Å². The summed E-state index contributed by atoms with van der Waals surface area (Å²) in [5, 5.41) is 0. The number of carbonyl (C=O) groups excluding carboxylic acids is 1. The van der Waals surface area contributed by atoms with Gasteiger partial charge in [-0.1, -0.05) is 24.3 Å². The third kappa shape index (κ3) is 3.40. The molecule has 2 aromatic carbocycles. The van der Waals surface area contributed by atoms with Gasteiger partial charge in [-0.25, -0.2) is 4.98 Å². The van der Waals surface area contributed by atoms with Crippen molar-refractivity contribution in [1.29, 1.82) is 0 Å². The summed E-state index contributed by atoms with van der Waals surface area (Å²) in [6.45, 7) is 2.27. The van der Waals surface area contributed by atoms with Crippen molar-refractivity contribution in [2.45, 2.75) is 31.7 Å². The van der Waals surface area contributed by atoms with Crippen LogP contribution >= 0.6 is 0 Å². The van der Waals surface area contributed by atoms with Gasteiger partial charge >= 0.3 is 0 Å². The fraction of sp³-hybridized carbons (Fsp3) is 0.304. The lowest BCUT2D eigenvalue weighted by molar-refractivity contribution is -0.131. The van der Waals surface area contributed by atoms with E-state index in [4.69, 9.17) is 4.74 Å². The normalized spacial score (nSPS) is 19.2. The largest absolute Gasteiger partial charge is 0.457 e. The molecule has 2 aliphatic heterocycles. The van der Waals surface area contributed by atoms with Gasteiger partial charge in [0.2, 0.25) is 5.91 Å². The van der Waals surface area contributed by atoms with Gasteiger partial charge in [-0.3, -0.25) is 4.79 Å². The second kappa shape index (κ2) is 7.15. The molecule has 1 atom stereocenters. The van der Waals surface area contributed by atoms with Crippen LogP contribution in [0.3, 0.4) is 0 Å². The second-order valence-electron chi connectivity index (χ2n) is 7.69. The molecule has 1 amide bonds. The van der Waals surface area contributed by atoms with Crippen LogP contribution in [0.4, 0.5) is 0 Å². The zero-order valence-corrected chi connectivity index (χ0v) is 15.8. The van der Waals surface area contributed by atoms with E-state index in [9.17, 15) is 4.79 Å². The summed E-state index contributed by atoms with van der Waals surface area (Å²) >= 11 is 0. The van der Waals surface area contributed by atoms with Crippen LogP contribution in [0.15, 0.2) is 61.1 Å². The van der Waals surface area contributed by atoms with Crippen LogP contribution in [0.2, 0.25) is 0 Å². The van der Waals surface area contributed by atoms with Crippen LogP contribution in [-0.2, 0) is 17.8 Å². The van der Waals surface area contributed by atoms with Gasteiger partial charge in [-0.05, 0) is 48.2 Å². The maximum absolute atomic E-state index is 13.0. The van der Waals surface area contributed by atoms with Crippen molar-refractivity contribution in [3.8, 4) is 11.5 Å². The molecule has 142 valence electrons. The average molecular weight is 373 g/mol. The van der Waals surface area contributed by atoms with Crippen molar-refractivity contribution in [3.63, 3.8) is 0 Å². The lowest BCUT2D eigenvalue weighted by atomic mass is 9.90. The van der Waals surface area contributed by atoms with E-state index < -0.39 is 0 Å². The van der Waals surface area contributed by atoms with E-state index in [0.29, 0.717) is 18.9 Å². The molecule has 1 fully saturated rings. The predicted octanol–water partition coefficient (Wildman–Crippen LogP) is 3.99. The van der Waals surface area contributed by atoms with Gasteiger partial charge in [0.25, 0.3) is 0 Å². The molecule has 0 spiro atoms. The SMILES string of the molecule is O=C1Cc2cncn2Cc2cccc(c2)Oc2cccc(c2)C2CCCN1C2. The summed E-state index contributed by atoms with van der Waals surface area (Å²) in [5.41, 5.74) is 3.31. The maximum atomic E-state index is 13.0. The lowest BCUT2D eigenvalue weighted by Gasteiger charge is -2.33. The van der Waals surface area contributed by atoms with Gasteiger partial charge in [0.1, 0.15) is 11.5 Å². The Morgan fingerprint density at radius 1 is 1.07 bits per heavy atom. The van der Waals surface area contributed by atoms with Gasteiger partial charge in [0.05, 0.1) is 12.7 Å². The quantitative estimate of drug-likeness (QED) is 0.599. The Balaban J connectivity index is 1.56. The molecule has 0 saturated carbocycles. The van der Waals surface area contributed by atoms with Gasteiger partial charge in [0.15, 0.2) is 0 Å². The fourth-order valence-corrected chi connectivity index (χ4v) is 4.25. The van der Waals surface area contributed by atoms with E-state index in [2.05, 4.69) is 33.8 Å². The van der Waals surface area contributed by atoms with Gasteiger partial charge in [-0.15, -0.1) is 0 Å². The fourth-order valence-electron chi connectivity index (χ4n) is 4.25. The highest BCUT2D eigenvalue weighted by Gasteiger charge is 2.26. The van der Waals surface area contributed by atoms with Crippen LogP contribution in [0.1, 0.15) is 35.6 Å². The Morgan fingerprint density at radius 2 is 1.93 bits per heavy atom. The van der Waals surface area contributed by atoms with Crippen LogP contribution < -0.4 is 4.74 Å². The minimum Gasteiger partial charge on any atom is -0.457 e. The van der Waals surface area contributed by atoms with Crippen LogP contribution in [0.5, 0.6) is 11.5 Å². The maximum Gasteiger partial charge on any atom is 0.228 e. The Labute approximate surface area is 164 Å². The third-order valence-electron chi connectivity index (χ3n) is 5.72. The highest BCUT2D eigenvalue weighted by molar-refractivity contribution is 5.78.